The zero-order valence-corrected chi connectivity index (χ0v) is 12.1. The van der Waals surface area contributed by atoms with Crippen LogP contribution in [-0.4, -0.2) is 31.2 Å². The van der Waals surface area contributed by atoms with Crippen molar-refractivity contribution < 1.29 is 9.53 Å². The van der Waals surface area contributed by atoms with Crippen LogP contribution in [0.25, 0.3) is 11.1 Å². The van der Waals surface area contributed by atoms with Crippen LogP contribution < -0.4 is 4.90 Å². The van der Waals surface area contributed by atoms with Crippen LogP contribution in [0.2, 0.25) is 0 Å². The number of methoxy groups -OCH3 is 1. The average Bonchev–Trinajstić information content (AvgIpc) is 2.96. The summed E-state index contributed by atoms with van der Waals surface area (Å²) in [4.78, 5) is 18.1. The second-order valence-corrected chi connectivity index (χ2v) is 5.12. The van der Waals surface area contributed by atoms with Gasteiger partial charge in [-0.05, 0) is 47.4 Å². The Bertz CT molecular complexity index is 640. The zero-order chi connectivity index (χ0) is 14.7. The summed E-state index contributed by atoms with van der Waals surface area (Å²) < 4.78 is 4.98. The highest BCUT2D eigenvalue weighted by molar-refractivity contribution is 5.96. The molecule has 4 nitrogen and oxygen atoms in total. The molecule has 3 rings (SSSR count). The summed E-state index contributed by atoms with van der Waals surface area (Å²) in [6.07, 6.45) is 4.93. The lowest BCUT2D eigenvalue weighted by molar-refractivity contribution is -0.119. The van der Waals surface area contributed by atoms with Crippen LogP contribution in [0, 0.1) is 0 Å². The molecule has 0 spiro atoms. The third-order valence-electron chi connectivity index (χ3n) is 3.81. The molecule has 1 aromatic carbocycles. The van der Waals surface area contributed by atoms with Gasteiger partial charge < -0.3 is 9.64 Å². The second kappa shape index (κ2) is 6.06. The number of benzene rings is 1. The van der Waals surface area contributed by atoms with Crippen molar-refractivity contribution in [3.63, 3.8) is 0 Å². The van der Waals surface area contributed by atoms with E-state index < -0.39 is 0 Å². The Morgan fingerprint density at radius 2 is 2.05 bits per heavy atom. The summed E-state index contributed by atoms with van der Waals surface area (Å²) in [7, 11) is 1.62. The molecule has 4 heteroatoms. The van der Waals surface area contributed by atoms with Crippen LogP contribution in [0.1, 0.15) is 12.0 Å². The molecule has 0 saturated carbocycles. The van der Waals surface area contributed by atoms with Crippen LogP contribution in [0.3, 0.4) is 0 Å². The Morgan fingerprint density at radius 1 is 1.24 bits per heavy atom. The Balaban J connectivity index is 1.84. The summed E-state index contributed by atoms with van der Waals surface area (Å²) in [5.41, 5.74) is 4.59. The maximum absolute atomic E-state index is 12.2. The van der Waals surface area contributed by atoms with Crippen molar-refractivity contribution in [2.75, 3.05) is 25.2 Å². The monoisotopic (exact) mass is 282 g/mol. The van der Waals surface area contributed by atoms with Crippen molar-refractivity contribution in [2.24, 2.45) is 0 Å². The summed E-state index contributed by atoms with van der Waals surface area (Å²) >= 11 is 0. The first kappa shape index (κ1) is 13.8. The van der Waals surface area contributed by atoms with Crippen molar-refractivity contribution in [1.29, 1.82) is 0 Å². The fraction of sp³-hybridized carbons (Fsp3) is 0.294. The fourth-order valence-electron chi connectivity index (χ4n) is 2.71. The van der Waals surface area contributed by atoms with Crippen LogP contribution in [0.4, 0.5) is 5.69 Å². The van der Waals surface area contributed by atoms with Crippen molar-refractivity contribution in [3.05, 3.63) is 48.3 Å². The number of rotatable bonds is 4. The van der Waals surface area contributed by atoms with Gasteiger partial charge in [0.15, 0.2) is 0 Å². The molecule has 0 saturated heterocycles. The fourth-order valence-corrected chi connectivity index (χ4v) is 2.71. The molecule has 1 amide bonds. The number of carbonyl (C=O) groups excluding carboxylic acids is 1. The third kappa shape index (κ3) is 2.81. The van der Waals surface area contributed by atoms with Gasteiger partial charge in [0.1, 0.15) is 0 Å². The van der Waals surface area contributed by atoms with Gasteiger partial charge in [-0.15, -0.1) is 0 Å². The van der Waals surface area contributed by atoms with E-state index in [1.165, 1.54) is 11.1 Å². The number of amides is 1. The van der Waals surface area contributed by atoms with Crippen molar-refractivity contribution in [3.8, 4) is 11.1 Å². The SMILES string of the molecule is COCCC(=O)N1CCc2cc(-c3ccncc3)ccc21. The molecule has 21 heavy (non-hydrogen) atoms. The predicted octanol–water partition coefficient (Wildman–Crippen LogP) is 2.67. The number of fused-ring (bicyclic) bond motifs is 1. The number of hydrogen-bond donors (Lipinski definition) is 0. The van der Waals surface area contributed by atoms with Crippen LogP contribution in [0.5, 0.6) is 0 Å². The molecule has 1 aromatic heterocycles. The van der Waals surface area contributed by atoms with E-state index in [-0.39, 0.29) is 5.91 Å². The largest absolute Gasteiger partial charge is 0.384 e. The Kier molecular flexibility index (Phi) is 3.97. The van der Waals surface area contributed by atoms with E-state index in [9.17, 15) is 4.79 Å². The minimum atomic E-state index is 0.132. The molecule has 0 unspecified atom stereocenters. The van der Waals surface area contributed by atoms with Crippen molar-refractivity contribution >= 4 is 11.6 Å². The molecule has 0 atom stereocenters. The van der Waals surface area contributed by atoms with E-state index in [0.29, 0.717) is 13.0 Å². The molecule has 0 fully saturated rings. The standard InChI is InChI=1S/C17H18N2O2/c1-21-11-7-17(20)19-10-6-15-12-14(2-3-16(15)19)13-4-8-18-9-5-13/h2-5,8-9,12H,6-7,10-11H2,1H3. The number of anilines is 1. The number of carbonyl (C=O) groups is 1. The maximum Gasteiger partial charge on any atom is 0.229 e. The lowest BCUT2D eigenvalue weighted by Crippen LogP contribution is -2.29. The van der Waals surface area contributed by atoms with E-state index in [2.05, 4.69) is 17.1 Å². The van der Waals surface area contributed by atoms with Crippen LogP contribution in [0.15, 0.2) is 42.7 Å². The van der Waals surface area contributed by atoms with Gasteiger partial charge in [0.2, 0.25) is 5.91 Å². The van der Waals surface area contributed by atoms with E-state index >= 15 is 0 Å². The number of hydrogen-bond acceptors (Lipinski definition) is 3. The van der Waals surface area contributed by atoms with Gasteiger partial charge in [0, 0.05) is 31.7 Å². The summed E-state index contributed by atoms with van der Waals surface area (Å²) in [6, 6.07) is 10.3. The third-order valence-corrected chi connectivity index (χ3v) is 3.81. The summed E-state index contributed by atoms with van der Waals surface area (Å²) in [5.74, 6) is 0.132. The number of nitrogens with zero attached hydrogens (tertiary/aromatic N) is 2. The molecule has 2 aromatic rings. The topological polar surface area (TPSA) is 42.4 Å². The van der Waals surface area contributed by atoms with Gasteiger partial charge in [-0.25, -0.2) is 0 Å². The van der Waals surface area contributed by atoms with Gasteiger partial charge in [0.25, 0.3) is 0 Å². The molecule has 0 aliphatic carbocycles. The van der Waals surface area contributed by atoms with E-state index in [1.807, 2.05) is 23.1 Å². The number of ether oxygens (including phenoxy) is 1. The lowest BCUT2D eigenvalue weighted by Gasteiger charge is -2.17. The molecule has 1 aliphatic rings. The van der Waals surface area contributed by atoms with Gasteiger partial charge >= 0.3 is 0 Å². The molecular formula is C17H18N2O2. The molecule has 2 heterocycles. The first-order chi connectivity index (χ1) is 10.3. The molecule has 1 aliphatic heterocycles. The van der Waals surface area contributed by atoms with Gasteiger partial charge in [-0.3, -0.25) is 9.78 Å². The Morgan fingerprint density at radius 3 is 2.81 bits per heavy atom. The van der Waals surface area contributed by atoms with Gasteiger partial charge in [0.05, 0.1) is 13.0 Å². The van der Waals surface area contributed by atoms with E-state index in [4.69, 9.17) is 4.74 Å². The molecule has 0 N–H and O–H groups in total. The first-order valence-corrected chi connectivity index (χ1v) is 7.12. The Hall–Kier alpha value is -2.20. The van der Waals surface area contributed by atoms with Crippen molar-refractivity contribution in [1.82, 2.24) is 4.98 Å². The van der Waals surface area contributed by atoms with Crippen LogP contribution in [-0.2, 0) is 16.0 Å². The Labute approximate surface area is 124 Å². The number of aromatic nitrogens is 1. The summed E-state index contributed by atoms with van der Waals surface area (Å²) in [5, 5.41) is 0. The van der Waals surface area contributed by atoms with Crippen LogP contribution >= 0.6 is 0 Å². The quantitative estimate of drug-likeness (QED) is 0.866. The normalized spacial score (nSPS) is 13.3. The first-order valence-electron chi connectivity index (χ1n) is 7.12. The maximum atomic E-state index is 12.2. The van der Waals surface area contributed by atoms with Gasteiger partial charge in [-0.1, -0.05) is 6.07 Å². The minimum Gasteiger partial charge on any atom is -0.384 e. The van der Waals surface area contributed by atoms with Crippen molar-refractivity contribution in [2.45, 2.75) is 12.8 Å². The summed E-state index contributed by atoms with van der Waals surface area (Å²) in [6.45, 7) is 1.23. The highest BCUT2D eigenvalue weighted by atomic mass is 16.5. The minimum absolute atomic E-state index is 0.132. The van der Waals surface area contributed by atoms with Gasteiger partial charge in [-0.2, -0.15) is 0 Å². The lowest BCUT2D eigenvalue weighted by atomic mass is 10.0. The average molecular weight is 282 g/mol. The number of pyridine rings is 1. The molecular weight excluding hydrogens is 264 g/mol. The predicted molar refractivity (Wildman–Crippen MR) is 82.2 cm³/mol. The zero-order valence-electron chi connectivity index (χ0n) is 12.1. The highest BCUT2D eigenvalue weighted by Gasteiger charge is 2.24. The molecule has 0 radical (unpaired) electrons. The van der Waals surface area contributed by atoms with E-state index in [0.717, 1.165) is 24.2 Å². The molecule has 0 bridgehead atoms. The highest BCUT2D eigenvalue weighted by Crippen LogP contribution is 2.32. The smallest absolute Gasteiger partial charge is 0.229 e. The molecule has 108 valence electrons. The van der Waals surface area contributed by atoms with E-state index in [1.54, 1.807) is 19.5 Å². The second-order valence-electron chi connectivity index (χ2n) is 5.12.